The highest BCUT2D eigenvalue weighted by molar-refractivity contribution is 7.90. The van der Waals surface area contributed by atoms with Crippen molar-refractivity contribution in [3.8, 4) is 0 Å². The van der Waals surface area contributed by atoms with E-state index in [1.807, 2.05) is 18.2 Å². The molecule has 2 N–H and O–H groups in total. The Kier molecular flexibility index (Phi) is 6.08. The Labute approximate surface area is 168 Å². The van der Waals surface area contributed by atoms with Crippen LogP contribution >= 0.6 is 0 Å². The lowest BCUT2D eigenvalue weighted by atomic mass is 9.97. The molecule has 0 saturated carbocycles. The van der Waals surface area contributed by atoms with Gasteiger partial charge in [0.25, 0.3) is 0 Å². The van der Waals surface area contributed by atoms with E-state index in [0.717, 1.165) is 28.8 Å². The summed E-state index contributed by atoms with van der Waals surface area (Å²) in [5.74, 6) is 0. The fourth-order valence-electron chi connectivity index (χ4n) is 3.59. The van der Waals surface area contributed by atoms with Crippen LogP contribution in [0.15, 0.2) is 36.4 Å². The number of aliphatic hydroxyl groups excluding tert-OH is 1. The predicted molar refractivity (Wildman–Crippen MR) is 105 cm³/mol. The van der Waals surface area contributed by atoms with Gasteiger partial charge in [0.1, 0.15) is 0 Å². The summed E-state index contributed by atoms with van der Waals surface area (Å²) in [7, 11) is -3.36. The number of fused-ring (bicyclic) bond motifs is 1. The van der Waals surface area contributed by atoms with Crippen LogP contribution in [0.25, 0.3) is 0 Å². The van der Waals surface area contributed by atoms with Crippen LogP contribution in [0.3, 0.4) is 0 Å². The van der Waals surface area contributed by atoms with Gasteiger partial charge in [0.2, 0.25) is 10.0 Å². The number of benzene rings is 2. The summed E-state index contributed by atoms with van der Waals surface area (Å²) in [4.78, 5) is 0. The van der Waals surface area contributed by atoms with Gasteiger partial charge in [-0.25, -0.2) is 13.1 Å². The first-order valence-corrected chi connectivity index (χ1v) is 11.0. The summed E-state index contributed by atoms with van der Waals surface area (Å²) < 4.78 is 66.2. The van der Waals surface area contributed by atoms with Gasteiger partial charge in [-0.2, -0.15) is 13.2 Å². The molecule has 0 bridgehead atoms. The quantitative estimate of drug-likeness (QED) is 0.741. The largest absolute Gasteiger partial charge is 0.416 e. The second-order valence-electron chi connectivity index (χ2n) is 7.79. The highest BCUT2D eigenvalue weighted by Crippen LogP contribution is 2.32. The van der Waals surface area contributed by atoms with Crippen molar-refractivity contribution in [1.29, 1.82) is 0 Å². The smallest absolute Gasteiger partial charge is 0.392 e. The highest BCUT2D eigenvalue weighted by atomic mass is 32.2. The third kappa shape index (κ3) is 5.18. The van der Waals surface area contributed by atoms with Crippen LogP contribution in [0, 0.1) is 0 Å². The van der Waals surface area contributed by atoms with E-state index in [0.29, 0.717) is 24.8 Å². The Hall–Kier alpha value is -1.90. The van der Waals surface area contributed by atoms with E-state index < -0.39 is 33.6 Å². The molecule has 3 rings (SSSR count). The molecule has 1 aliphatic carbocycles. The molecule has 0 aromatic heterocycles. The zero-order valence-electron chi connectivity index (χ0n) is 16.3. The maximum atomic E-state index is 13.1. The third-order valence-electron chi connectivity index (χ3n) is 5.13. The van der Waals surface area contributed by atoms with Crippen LogP contribution in [-0.4, -0.2) is 24.8 Å². The molecular formula is C21H24F3NO3S. The SMILES string of the molecule is CC(C)S(=O)(=O)NC1Cc2ccc(Cc3cc(CO)cc(C(F)(F)F)c3)cc2C1. The minimum atomic E-state index is -4.47. The summed E-state index contributed by atoms with van der Waals surface area (Å²) in [6.07, 6.45) is -3.02. The lowest BCUT2D eigenvalue weighted by molar-refractivity contribution is -0.137. The maximum Gasteiger partial charge on any atom is 0.416 e. The zero-order chi connectivity index (χ0) is 21.4. The minimum Gasteiger partial charge on any atom is -0.392 e. The molecule has 2 aromatic carbocycles. The summed E-state index contributed by atoms with van der Waals surface area (Å²) in [6, 6.07) is 9.12. The average molecular weight is 427 g/mol. The monoisotopic (exact) mass is 427 g/mol. The summed E-state index contributed by atoms with van der Waals surface area (Å²) in [5.41, 5.74) is 2.82. The Morgan fingerprint density at radius 3 is 2.31 bits per heavy atom. The second kappa shape index (κ2) is 8.08. The van der Waals surface area contributed by atoms with Crippen molar-refractivity contribution in [3.63, 3.8) is 0 Å². The molecule has 1 atom stereocenters. The van der Waals surface area contributed by atoms with Crippen molar-refractivity contribution in [3.05, 3.63) is 69.8 Å². The summed E-state index contributed by atoms with van der Waals surface area (Å²) in [6.45, 7) is 2.79. The summed E-state index contributed by atoms with van der Waals surface area (Å²) in [5, 5.41) is 8.77. The van der Waals surface area contributed by atoms with Crippen molar-refractivity contribution in [2.45, 2.75) is 57.2 Å². The van der Waals surface area contributed by atoms with E-state index in [1.54, 1.807) is 19.9 Å². The molecule has 158 valence electrons. The van der Waals surface area contributed by atoms with Gasteiger partial charge in [0, 0.05) is 6.04 Å². The number of rotatable bonds is 6. The minimum absolute atomic E-state index is 0.206. The number of alkyl halides is 3. The first-order chi connectivity index (χ1) is 13.5. The number of nitrogens with one attached hydrogen (secondary N) is 1. The average Bonchev–Trinajstić information content (AvgIpc) is 3.01. The van der Waals surface area contributed by atoms with Gasteiger partial charge in [0.15, 0.2) is 0 Å². The first kappa shape index (κ1) is 21.8. The Balaban J connectivity index is 1.79. The van der Waals surface area contributed by atoms with Crippen molar-refractivity contribution in [2.75, 3.05) is 0 Å². The fourth-order valence-corrected chi connectivity index (χ4v) is 4.49. The van der Waals surface area contributed by atoms with E-state index >= 15 is 0 Å². The molecular weight excluding hydrogens is 403 g/mol. The fraction of sp³-hybridized carbons (Fsp3) is 0.429. The molecule has 0 fully saturated rings. The standard InChI is InChI=1S/C21H24F3NO3S/c1-13(2)29(27,28)25-20-10-17-4-3-14(7-18(17)11-20)5-15-6-16(12-26)9-19(8-15)21(22,23)24/h3-4,6-9,13,20,25-26H,5,10-12H2,1-2H3. The lowest BCUT2D eigenvalue weighted by Crippen LogP contribution is -2.39. The number of sulfonamides is 1. The molecule has 0 saturated heterocycles. The molecule has 2 aromatic rings. The molecule has 0 radical (unpaired) electrons. The van der Waals surface area contributed by atoms with Crippen LogP contribution < -0.4 is 4.72 Å². The van der Waals surface area contributed by atoms with E-state index in [2.05, 4.69) is 4.72 Å². The Morgan fingerprint density at radius 1 is 1.03 bits per heavy atom. The number of aliphatic hydroxyl groups is 1. The third-order valence-corrected chi connectivity index (χ3v) is 7.03. The van der Waals surface area contributed by atoms with E-state index in [-0.39, 0.29) is 11.6 Å². The van der Waals surface area contributed by atoms with Gasteiger partial charge in [-0.1, -0.05) is 24.3 Å². The van der Waals surface area contributed by atoms with Crippen LogP contribution in [0.4, 0.5) is 13.2 Å². The topological polar surface area (TPSA) is 66.4 Å². The van der Waals surface area contributed by atoms with Crippen molar-refractivity contribution < 1.29 is 26.7 Å². The molecule has 0 aliphatic heterocycles. The molecule has 0 amide bonds. The van der Waals surface area contributed by atoms with Crippen LogP contribution in [0.2, 0.25) is 0 Å². The molecule has 0 heterocycles. The molecule has 8 heteroatoms. The van der Waals surface area contributed by atoms with Crippen LogP contribution in [-0.2, 0) is 42.1 Å². The number of hydrogen-bond donors (Lipinski definition) is 2. The normalized spacial score (nSPS) is 17.0. The molecule has 4 nitrogen and oxygen atoms in total. The van der Waals surface area contributed by atoms with Crippen LogP contribution in [0.1, 0.15) is 47.2 Å². The lowest BCUT2D eigenvalue weighted by Gasteiger charge is -2.14. The van der Waals surface area contributed by atoms with Gasteiger partial charge in [-0.15, -0.1) is 0 Å². The summed E-state index contributed by atoms with van der Waals surface area (Å²) >= 11 is 0. The number of hydrogen-bond acceptors (Lipinski definition) is 3. The molecule has 0 spiro atoms. The van der Waals surface area contributed by atoms with Gasteiger partial charge in [-0.3, -0.25) is 0 Å². The Bertz CT molecular complexity index is 1000. The predicted octanol–water partition coefficient (Wildman–Crippen LogP) is 3.58. The zero-order valence-corrected chi connectivity index (χ0v) is 17.1. The molecule has 1 unspecified atom stereocenters. The second-order valence-corrected chi connectivity index (χ2v) is 10.1. The van der Waals surface area contributed by atoms with Gasteiger partial charge in [-0.05, 0) is 73.1 Å². The number of halogens is 3. The van der Waals surface area contributed by atoms with Crippen LogP contribution in [0.5, 0.6) is 0 Å². The van der Waals surface area contributed by atoms with E-state index in [1.165, 1.54) is 0 Å². The Morgan fingerprint density at radius 2 is 1.69 bits per heavy atom. The van der Waals surface area contributed by atoms with Crippen molar-refractivity contribution in [2.24, 2.45) is 0 Å². The molecule has 29 heavy (non-hydrogen) atoms. The van der Waals surface area contributed by atoms with E-state index in [4.69, 9.17) is 0 Å². The molecule has 1 aliphatic rings. The van der Waals surface area contributed by atoms with Crippen molar-refractivity contribution in [1.82, 2.24) is 4.72 Å². The highest BCUT2D eigenvalue weighted by Gasteiger charge is 2.31. The van der Waals surface area contributed by atoms with Gasteiger partial charge >= 0.3 is 6.18 Å². The van der Waals surface area contributed by atoms with E-state index in [9.17, 15) is 26.7 Å². The maximum absolute atomic E-state index is 13.1. The van der Waals surface area contributed by atoms with Crippen molar-refractivity contribution >= 4 is 10.0 Å². The van der Waals surface area contributed by atoms with Gasteiger partial charge in [0.05, 0.1) is 17.4 Å². The van der Waals surface area contributed by atoms with Gasteiger partial charge < -0.3 is 5.11 Å². The first-order valence-electron chi connectivity index (χ1n) is 9.40.